The van der Waals surface area contributed by atoms with Crippen LogP contribution in [-0.4, -0.2) is 25.1 Å². The van der Waals surface area contributed by atoms with Gasteiger partial charge in [-0.25, -0.2) is 5.43 Å². The predicted molar refractivity (Wildman–Crippen MR) is 144 cm³/mol. The van der Waals surface area contributed by atoms with E-state index in [0.29, 0.717) is 28.1 Å². The van der Waals surface area contributed by atoms with Crippen LogP contribution in [0.25, 0.3) is 0 Å². The number of ether oxygens (including phenoxy) is 2. The van der Waals surface area contributed by atoms with Crippen LogP contribution in [0.2, 0.25) is 0 Å². The number of hydrazone groups is 1. The number of anilines is 1. The monoisotopic (exact) mass is 655 g/mol. The largest absolute Gasteiger partial charge is 0.493 e. The molecule has 0 saturated heterocycles. The molecule has 0 aliphatic carbocycles. The number of alkyl halides is 3. The van der Waals surface area contributed by atoms with E-state index in [-0.39, 0.29) is 18.5 Å². The Morgan fingerprint density at radius 2 is 1.71 bits per heavy atom. The Kier molecular flexibility index (Phi) is 10.3. The number of benzene rings is 3. The summed E-state index contributed by atoms with van der Waals surface area (Å²) in [5, 5.41) is 6.24. The van der Waals surface area contributed by atoms with Gasteiger partial charge in [0.1, 0.15) is 6.61 Å². The molecule has 38 heavy (non-hydrogen) atoms. The van der Waals surface area contributed by atoms with Crippen molar-refractivity contribution in [3.8, 4) is 11.5 Å². The van der Waals surface area contributed by atoms with E-state index in [1.807, 2.05) is 24.3 Å². The van der Waals surface area contributed by atoms with Gasteiger partial charge in [-0.3, -0.25) is 9.59 Å². The molecule has 3 rings (SSSR count). The summed E-state index contributed by atoms with van der Waals surface area (Å²) in [7, 11) is 1.50. The van der Waals surface area contributed by atoms with Crippen LogP contribution < -0.4 is 20.2 Å². The smallest absolute Gasteiger partial charge is 0.416 e. The van der Waals surface area contributed by atoms with E-state index in [2.05, 4.69) is 47.7 Å². The van der Waals surface area contributed by atoms with Crippen LogP contribution >= 0.6 is 31.9 Å². The third kappa shape index (κ3) is 8.88. The average molecular weight is 657 g/mol. The van der Waals surface area contributed by atoms with Crippen molar-refractivity contribution < 1.29 is 32.2 Å². The van der Waals surface area contributed by atoms with E-state index in [1.165, 1.54) is 25.5 Å². The molecule has 0 saturated carbocycles. The van der Waals surface area contributed by atoms with Crippen LogP contribution in [0.3, 0.4) is 0 Å². The van der Waals surface area contributed by atoms with E-state index in [4.69, 9.17) is 9.47 Å². The molecule has 0 aromatic heterocycles. The Balaban J connectivity index is 1.51. The van der Waals surface area contributed by atoms with Crippen molar-refractivity contribution in [3.05, 3.63) is 86.3 Å². The van der Waals surface area contributed by atoms with Crippen LogP contribution in [0.1, 0.15) is 29.5 Å². The van der Waals surface area contributed by atoms with Gasteiger partial charge in [-0.05, 0) is 69.5 Å². The molecule has 0 radical (unpaired) electrons. The second kappa shape index (κ2) is 13.4. The molecule has 3 aromatic rings. The standard InChI is InChI=1S/C26H22Br2F3N3O4/c1-37-22-12-17(11-21(28)25(22)38-15-16-5-7-19(27)8-6-16)14-32-34-24(36)10-9-23(35)33-20-4-2-3-18(13-20)26(29,30)31/h2-8,11-14H,9-10,15H2,1H3,(H,33,35)(H,34,36). The molecule has 0 aliphatic rings. The first kappa shape index (κ1) is 29.2. The fourth-order valence-corrected chi connectivity index (χ4v) is 3.99. The molecule has 0 spiro atoms. The fraction of sp³-hybridized carbons (Fsp3) is 0.192. The van der Waals surface area contributed by atoms with Crippen molar-refractivity contribution in [3.63, 3.8) is 0 Å². The lowest BCUT2D eigenvalue weighted by Gasteiger charge is -2.13. The summed E-state index contributed by atoms with van der Waals surface area (Å²) in [4.78, 5) is 24.1. The maximum absolute atomic E-state index is 12.8. The molecule has 7 nitrogen and oxygen atoms in total. The van der Waals surface area contributed by atoms with Gasteiger partial charge in [0.2, 0.25) is 11.8 Å². The average Bonchev–Trinajstić information content (AvgIpc) is 2.87. The van der Waals surface area contributed by atoms with Crippen LogP contribution in [0.5, 0.6) is 11.5 Å². The van der Waals surface area contributed by atoms with E-state index in [1.54, 1.807) is 12.1 Å². The highest BCUT2D eigenvalue weighted by molar-refractivity contribution is 9.10. The van der Waals surface area contributed by atoms with Crippen LogP contribution in [0, 0.1) is 0 Å². The summed E-state index contributed by atoms with van der Waals surface area (Å²) in [5.41, 5.74) is 3.00. The van der Waals surface area contributed by atoms with Gasteiger partial charge in [0.25, 0.3) is 0 Å². The lowest BCUT2D eigenvalue weighted by atomic mass is 10.2. The van der Waals surface area contributed by atoms with Gasteiger partial charge in [-0.15, -0.1) is 0 Å². The van der Waals surface area contributed by atoms with Crippen molar-refractivity contribution >= 4 is 55.6 Å². The topological polar surface area (TPSA) is 89.0 Å². The lowest BCUT2D eigenvalue weighted by molar-refractivity contribution is -0.137. The van der Waals surface area contributed by atoms with Crippen LogP contribution in [-0.2, 0) is 22.4 Å². The molecule has 2 N–H and O–H groups in total. The Labute approximate surface area is 233 Å². The first-order chi connectivity index (χ1) is 18.0. The Bertz CT molecular complexity index is 1320. The second-order valence-corrected chi connectivity index (χ2v) is 9.64. The number of carbonyl (C=O) groups is 2. The normalized spacial score (nSPS) is 11.3. The third-order valence-corrected chi connectivity index (χ3v) is 6.12. The highest BCUT2D eigenvalue weighted by Gasteiger charge is 2.30. The number of nitrogens with one attached hydrogen (secondary N) is 2. The summed E-state index contributed by atoms with van der Waals surface area (Å²) in [6.07, 6.45) is -3.57. The lowest BCUT2D eigenvalue weighted by Crippen LogP contribution is -2.20. The number of hydrogen-bond acceptors (Lipinski definition) is 5. The molecular formula is C26H22Br2F3N3O4. The molecule has 0 fully saturated rings. The van der Waals surface area contributed by atoms with Gasteiger partial charge < -0.3 is 14.8 Å². The van der Waals surface area contributed by atoms with Gasteiger partial charge in [-0.2, -0.15) is 18.3 Å². The van der Waals surface area contributed by atoms with Crippen LogP contribution in [0.15, 0.2) is 74.7 Å². The molecule has 0 atom stereocenters. The Hall–Kier alpha value is -3.38. The zero-order chi connectivity index (χ0) is 27.7. The molecule has 12 heteroatoms. The molecule has 0 aliphatic heterocycles. The summed E-state index contributed by atoms with van der Waals surface area (Å²) in [6.45, 7) is 0.326. The highest BCUT2D eigenvalue weighted by atomic mass is 79.9. The number of rotatable bonds is 10. The van der Waals surface area contributed by atoms with Crippen molar-refractivity contribution in [1.82, 2.24) is 5.43 Å². The summed E-state index contributed by atoms with van der Waals surface area (Å²) < 4.78 is 51.3. The van der Waals surface area contributed by atoms with Crippen molar-refractivity contribution in [2.75, 3.05) is 12.4 Å². The molecule has 0 unspecified atom stereocenters. The number of amides is 2. The summed E-state index contributed by atoms with van der Waals surface area (Å²) in [5.74, 6) is -0.185. The zero-order valence-electron chi connectivity index (χ0n) is 19.9. The Morgan fingerprint density at radius 1 is 1.00 bits per heavy atom. The fourth-order valence-electron chi connectivity index (χ4n) is 3.15. The highest BCUT2D eigenvalue weighted by Crippen LogP contribution is 2.37. The third-order valence-electron chi connectivity index (χ3n) is 5.00. The van der Waals surface area contributed by atoms with Crippen molar-refractivity contribution in [2.24, 2.45) is 5.10 Å². The number of nitrogens with zero attached hydrogens (tertiary/aromatic N) is 1. The SMILES string of the molecule is COc1cc(C=NNC(=O)CCC(=O)Nc2cccc(C(F)(F)F)c2)cc(Br)c1OCc1ccc(Br)cc1. The van der Waals surface area contributed by atoms with Crippen LogP contribution in [0.4, 0.5) is 18.9 Å². The van der Waals surface area contributed by atoms with E-state index in [0.717, 1.165) is 22.2 Å². The van der Waals surface area contributed by atoms with Gasteiger partial charge >= 0.3 is 6.18 Å². The van der Waals surface area contributed by atoms with Gasteiger partial charge in [0, 0.05) is 23.0 Å². The first-order valence-electron chi connectivity index (χ1n) is 11.1. The molecule has 2 amide bonds. The minimum absolute atomic E-state index is 0.00737. The van der Waals surface area contributed by atoms with E-state index in [9.17, 15) is 22.8 Å². The number of hydrogen-bond donors (Lipinski definition) is 2. The predicted octanol–water partition coefficient (Wildman–Crippen LogP) is 6.69. The number of halogens is 5. The van der Waals surface area contributed by atoms with Gasteiger partial charge in [-0.1, -0.05) is 34.1 Å². The van der Waals surface area contributed by atoms with Crippen molar-refractivity contribution in [2.45, 2.75) is 25.6 Å². The molecule has 0 bridgehead atoms. The first-order valence-corrected chi connectivity index (χ1v) is 12.7. The molecule has 3 aromatic carbocycles. The molecular weight excluding hydrogens is 635 g/mol. The number of carbonyl (C=O) groups excluding carboxylic acids is 2. The molecule has 0 heterocycles. The minimum Gasteiger partial charge on any atom is -0.493 e. The number of methoxy groups -OCH3 is 1. The summed E-state index contributed by atoms with van der Waals surface area (Å²) in [6, 6.07) is 15.4. The quantitative estimate of drug-likeness (QED) is 0.188. The van der Waals surface area contributed by atoms with Gasteiger partial charge in [0.05, 0.1) is 23.4 Å². The van der Waals surface area contributed by atoms with Crippen molar-refractivity contribution in [1.29, 1.82) is 0 Å². The van der Waals surface area contributed by atoms with E-state index < -0.39 is 23.6 Å². The Morgan fingerprint density at radius 3 is 2.39 bits per heavy atom. The van der Waals surface area contributed by atoms with E-state index >= 15 is 0 Å². The maximum Gasteiger partial charge on any atom is 0.416 e. The summed E-state index contributed by atoms with van der Waals surface area (Å²) >= 11 is 6.85. The second-order valence-electron chi connectivity index (χ2n) is 7.87. The minimum atomic E-state index is -4.52. The molecule has 200 valence electrons. The maximum atomic E-state index is 12.8. The van der Waals surface area contributed by atoms with Gasteiger partial charge in [0.15, 0.2) is 11.5 Å². The zero-order valence-corrected chi connectivity index (χ0v) is 23.1.